The summed E-state index contributed by atoms with van der Waals surface area (Å²) >= 11 is 4.63. The number of nitrogens with two attached hydrogens (primary N) is 2. The predicted molar refractivity (Wildman–Crippen MR) is 112 cm³/mol. The van der Waals surface area contributed by atoms with Gasteiger partial charge in [-0.15, -0.1) is 22.7 Å². The van der Waals surface area contributed by atoms with Crippen LogP contribution in [0.15, 0.2) is 32.9 Å². The second-order valence-electron chi connectivity index (χ2n) is 5.33. The Kier molecular flexibility index (Phi) is 6.79. The van der Waals surface area contributed by atoms with E-state index in [1.54, 1.807) is 24.2 Å². The van der Waals surface area contributed by atoms with Gasteiger partial charge in [-0.3, -0.25) is 9.78 Å². The maximum absolute atomic E-state index is 12.1. The van der Waals surface area contributed by atoms with Gasteiger partial charge in [0.2, 0.25) is 11.1 Å². The summed E-state index contributed by atoms with van der Waals surface area (Å²) in [6, 6.07) is 0. The van der Waals surface area contributed by atoms with Crippen molar-refractivity contribution in [1.29, 1.82) is 0 Å². The van der Waals surface area contributed by atoms with E-state index in [9.17, 15) is 4.79 Å². The zero-order valence-corrected chi connectivity index (χ0v) is 16.7. The van der Waals surface area contributed by atoms with Gasteiger partial charge in [0, 0.05) is 53.2 Å². The first-order valence-electron chi connectivity index (χ1n) is 7.92. The molecule has 27 heavy (non-hydrogen) atoms. The number of aromatic amines is 1. The Balaban J connectivity index is 1.41. The second kappa shape index (κ2) is 9.48. The first kappa shape index (κ1) is 19.3. The van der Waals surface area contributed by atoms with Crippen molar-refractivity contribution in [3.8, 4) is 0 Å². The van der Waals surface area contributed by atoms with Crippen molar-refractivity contribution in [3.63, 3.8) is 0 Å². The van der Waals surface area contributed by atoms with E-state index in [1.807, 2.05) is 10.8 Å². The fraction of sp³-hybridized carbons (Fsp3) is 0.267. The Bertz CT molecular complexity index is 946. The number of hydrogen-bond donors (Lipinski definition) is 4. The van der Waals surface area contributed by atoms with Crippen molar-refractivity contribution in [2.24, 2.45) is 16.5 Å². The van der Waals surface area contributed by atoms with E-state index < -0.39 is 0 Å². The Morgan fingerprint density at radius 3 is 2.96 bits per heavy atom. The number of nitrogens with zero attached hydrogens (tertiary/aromatic N) is 4. The fourth-order valence-corrected chi connectivity index (χ4v) is 4.28. The molecular formula is C15H18N8OS3. The molecule has 3 aromatic rings. The number of guanidine groups is 1. The molecule has 0 atom stereocenters. The van der Waals surface area contributed by atoms with Crippen LogP contribution < -0.4 is 22.3 Å². The van der Waals surface area contributed by atoms with E-state index in [0.717, 1.165) is 22.2 Å². The topological polar surface area (TPSA) is 148 Å². The molecule has 0 aromatic carbocycles. The minimum Gasteiger partial charge on any atom is -0.370 e. The molecule has 0 radical (unpaired) electrons. The van der Waals surface area contributed by atoms with Crippen molar-refractivity contribution in [2.75, 3.05) is 17.6 Å². The second-order valence-corrected chi connectivity index (χ2v) is 8.25. The molecule has 0 amide bonds. The highest BCUT2D eigenvalue weighted by Crippen LogP contribution is 2.21. The molecule has 0 fully saturated rings. The van der Waals surface area contributed by atoms with E-state index in [4.69, 9.17) is 11.5 Å². The molecule has 0 aliphatic carbocycles. The van der Waals surface area contributed by atoms with Crippen LogP contribution in [-0.2, 0) is 12.2 Å². The first-order valence-corrected chi connectivity index (χ1v) is 10.8. The number of thioether (sulfide) groups is 1. The average Bonchev–Trinajstić information content (AvgIpc) is 3.28. The minimum absolute atomic E-state index is 0.00640. The standard InChI is InChI=1S/C15H18N8OS3/c16-13(17)23-15-21-10(8-27-15)7-25-3-1-19-14-20-6-9(12(24)22-14)5-11-18-2-4-26-11/h2,4,6,8H,1,3,5,7H2,(H4,16,17,21,23)(H2,19,20,22,24). The van der Waals surface area contributed by atoms with E-state index in [2.05, 4.69) is 30.2 Å². The summed E-state index contributed by atoms with van der Waals surface area (Å²) in [6.07, 6.45) is 3.81. The van der Waals surface area contributed by atoms with Crippen LogP contribution in [0.3, 0.4) is 0 Å². The third kappa shape index (κ3) is 6.05. The summed E-state index contributed by atoms with van der Waals surface area (Å²) < 4.78 is 0. The van der Waals surface area contributed by atoms with Crippen LogP contribution in [0.2, 0.25) is 0 Å². The third-order valence-corrected chi connectivity index (χ3v) is 5.81. The van der Waals surface area contributed by atoms with Gasteiger partial charge in [-0.05, 0) is 0 Å². The summed E-state index contributed by atoms with van der Waals surface area (Å²) in [7, 11) is 0. The molecule has 0 aliphatic heterocycles. The fourth-order valence-electron chi connectivity index (χ4n) is 2.08. The van der Waals surface area contributed by atoms with Crippen LogP contribution in [0, 0.1) is 0 Å². The molecule has 0 saturated carbocycles. The van der Waals surface area contributed by atoms with Crippen LogP contribution in [0.25, 0.3) is 0 Å². The van der Waals surface area contributed by atoms with Crippen molar-refractivity contribution in [2.45, 2.75) is 12.2 Å². The smallest absolute Gasteiger partial charge is 0.255 e. The first-order chi connectivity index (χ1) is 13.1. The minimum atomic E-state index is -0.148. The van der Waals surface area contributed by atoms with Crippen molar-refractivity contribution in [1.82, 2.24) is 19.9 Å². The Morgan fingerprint density at radius 1 is 1.33 bits per heavy atom. The average molecular weight is 423 g/mol. The van der Waals surface area contributed by atoms with Crippen molar-refractivity contribution < 1.29 is 0 Å². The summed E-state index contributed by atoms with van der Waals surface area (Å²) in [5, 5.41) is 8.39. The van der Waals surface area contributed by atoms with Crippen LogP contribution >= 0.6 is 34.4 Å². The van der Waals surface area contributed by atoms with E-state index in [0.29, 0.717) is 29.6 Å². The molecule has 9 nitrogen and oxygen atoms in total. The van der Waals surface area contributed by atoms with Crippen LogP contribution in [-0.4, -0.2) is 38.2 Å². The maximum atomic E-state index is 12.1. The van der Waals surface area contributed by atoms with Crippen LogP contribution in [0.4, 0.5) is 11.1 Å². The van der Waals surface area contributed by atoms with Crippen LogP contribution in [0.5, 0.6) is 0 Å². The summed E-state index contributed by atoms with van der Waals surface area (Å²) in [6.45, 7) is 0.671. The van der Waals surface area contributed by atoms with Crippen molar-refractivity contribution >= 4 is 51.5 Å². The highest BCUT2D eigenvalue weighted by atomic mass is 32.2. The molecule has 6 N–H and O–H groups in total. The molecule has 12 heteroatoms. The lowest BCUT2D eigenvalue weighted by Gasteiger charge is -2.05. The largest absolute Gasteiger partial charge is 0.370 e. The number of hydrogen-bond acceptors (Lipinski definition) is 9. The maximum Gasteiger partial charge on any atom is 0.255 e. The lowest BCUT2D eigenvalue weighted by atomic mass is 10.2. The molecule has 142 valence electrons. The van der Waals surface area contributed by atoms with Gasteiger partial charge >= 0.3 is 0 Å². The van der Waals surface area contributed by atoms with E-state index >= 15 is 0 Å². The summed E-state index contributed by atoms with van der Waals surface area (Å²) in [5.74, 6) is 2.06. The van der Waals surface area contributed by atoms with Crippen LogP contribution in [0.1, 0.15) is 16.3 Å². The van der Waals surface area contributed by atoms with E-state index in [-0.39, 0.29) is 11.5 Å². The van der Waals surface area contributed by atoms with Gasteiger partial charge in [0.15, 0.2) is 5.96 Å². The third-order valence-electron chi connectivity index (χ3n) is 3.25. The Hall–Kier alpha value is -2.44. The number of H-pyrrole nitrogens is 1. The molecule has 0 spiro atoms. The van der Waals surface area contributed by atoms with Gasteiger partial charge < -0.3 is 16.8 Å². The van der Waals surface area contributed by atoms with Crippen molar-refractivity contribution in [3.05, 3.63) is 49.8 Å². The molecule has 0 unspecified atom stereocenters. The lowest BCUT2D eigenvalue weighted by Crippen LogP contribution is -2.21. The highest BCUT2D eigenvalue weighted by Gasteiger charge is 2.06. The van der Waals surface area contributed by atoms with Gasteiger partial charge in [0.1, 0.15) is 0 Å². The van der Waals surface area contributed by atoms with E-state index in [1.165, 1.54) is 22.7 Å². The monoisotopic (exact) mass is 422 g/mol. The Labute approximate surface area is 167 Å². The predicted octanol–water partition coefficient (Wildman–Crippen LogP) is 1.52. The zero-order valence-electron chi connectivity index (χ0n) is 14.2. The Morgan fingerprint density at radius 2 is 2.22 bits per heavy atom. The molecule has 0 bridgehead atoms. The number of aliphatic imine (C=N–C) groups is 1. The quantitative estimate of drug-likeness (QED) is 0.230. The molecule has 3 aromatic heterocycles. The number of rotatable bonds is 9. The van der Waals surface area contributed by atoms with Gasteiger partial charge in [-0.25, -0.2) is 15.0 Å². The van der Waals surface area contributed by atoms with Gasteiger partial charge in [0.25, 0.3) is 5.56 Å². The molecule has 3 heterocycles. The molecule has 3 rings (SSSR count). The number of thiazole rings is 2. The van der Waals surface area contributed by atoms with Gasteiger partial charge in [-0.2, -0.15) is 16.8 Å². The summed E-state index contributed by atoms with van der Waals surface area (Å²) in [5.41, 5.74) is 12.0. The lowest BCUT2D eigenvalue weighted by molar-refractivity contribution is 0.999. The highest BCUT2D eigenvalue weighted by molar-refractivity contribution is 7.98. The van der Waals surface area contributed by atoms with Gasteiger partial charge in [0.05, 0.1) is 10.7 Å². The normalized spacial score (nSPS) is 10.7. The molecule has 0 aliphatic rings. The number of aromatic nitrogens is 4. The molecular weight excluding hydrogens is 404 g/mol. The zero-order chi connectivity index (χ0) is 19.1. The summed E-state index contributed by atoms with van der Waals surface area (Å²) in [4.78, 5) is 31.6. The number of anilines is 1. The molecule has 0 saturated heterocycles. The SMILES string of the molecule is NC(N)=Nc1nc(CSCCNc2ncc(Cc3nccs3)c(=O)[nH]2)cs1. The number of nitrogens with one attached hydrogen (secondary N) is 2. The van der Waals surface area contributed by atoms with Gasteiger partial charge in [-0.1, -0.05) is 0 Å².